The van der Waals surface area contributed by atoms with Gasteiger partial charge in [-0.15, -0.1) is 0 Å². The third kappa shape index (κ3) is 4.68. The molecule has 1 aromatic carbocycles. The Morgan fingerprint density at radius 3 is 2.32 bits per heavy atom. The molecule has 0 spiro atoms. The highest BCUT2D eigenvalue weighted by molar-refractivity contribution is 7.57. The van der Waals surface area contributed by atoms with Gasteiger partial charge >= 0.3 is 7.60 Å². The van der Waals surface area contributed by atoms with Gasteiger partial charge in [-0.25, -0.2) is 0 Å². The minimum Gasteiger partial charge on any atom is -0.378 e. The van der Waals surface area contributed by atoms with E-state index in [-0.39, 0.29) is 0 Å². The second kappa shape index (κ2) is 8.49. The zero-order valence-corrected chi connectivity index (χ0v) is 14.1. The molecule has 0 aliphatic carbocycles. The molecule has 1 heterocycles. The van der Waals surface area contributed by atoms with Crippen LogP contribution in [0, 0.1) is 0 Å². The van der Waals surface area contributed by atoms with Gasteiger partial charge in [0.25, 0.3) is 0 Å². The highest BCUT2D eigenvalue weighted by Gasteiger charge is 2.25. The number of nitrogens with zero attached hydrogens (tertiary/aromatic N) is 1. The van der Waals surface area contributed by atoms with Gasteiger partial charge in [-0.1, -0.05) is 30.3 Å². The highest BCUT2D eigenvalue weighted by Crippen LogP contribution is 2.52. The Hall–Kier alpha value is -1.13. The van der Waals surface area contributed by atoms with Crippen LogP contribution in [-0.2, 0) is 18.3 Å². The molecule has 0 bridgehead atoms. The van der Waals surface area contributed by atoms with E-state index in [9.17, 15) is 4.57 Å². The summed E-state index contributed by atoms with van der Waals surface area (Å²) in [5.41, 5.74) is 1.89. The molecule has 1 aliphatic rings. The fraction of sp³-hybridized carbons (Fsp3) is 0.500. The van der Waals surface area contributed by atoms with Gasteiger partial charge in [-0.3, -0.25) is 4.57 Å². The van der Waals surface area contributed by atoms with E-state index < -0.39 is 7.60 Å². The van der Waals surface area contributed by atoms with Crippen molar-refractivity contribution in [3.05, 3.63) is 41.7 Å². The van der Waals surface area contributed by atoms with E-state index >= 15 is 0 Å². The molecule has 1 aliphatic heterocycles. The molecule has 5 nitrogen and oxygen atoms in total. The summed E-state index contributed by atoms with van der Waals surface area (Å²) in [6, 6.07) is 9.91. The van der Waals surface area contributed by atoms with Gasteiger partial charge in [-0.2, -0.15) is 0 Å². The lowest BCUT2D eigenvalue weighted by atomic mass is 10.1. The minimum atomic E-state index is -3.25. The standard InChI is InChI=1S/C16H24NO4P/c1-3-20-22(18,21-4-2)14-16(15-8-6-5-7-9-15)17-10-12-19-13-11-17/h5-9,14H,3-4,10-13H2,1-2H3/b16-14+. The van der Waals surface area contributed by atoms with E-state index in [4.69, 9.17) is 13.8 Å². The smallest absolute Gasteiger partial charge is 0.356 e. The molecule has 2 rings (SSSR count). The average Bonchev–Trinajstić information content (AvgIpc) is 2.55. The maximum absolute atomic E-state index is 12.9. The van der Waals surface area contributed by atoms with Gasteiger partial charge < -0.3 is 18.7 Å². The van der Waals surface area contributed by atoms with Crippen LogP contribution in [0.25, 0.3) is 5.70 Å². The summed E-state index contributed by atoms with van der Waals surface area (Å²) in [5.74, 6) is 1.65. The lowest BCUT2D eigenvalue weighted by Gasteiger charge is -2.32. The van der Waals surface area contributed by atoms with Crippen molar-refractivity contribution in [1.82, 2.24) is 4.90 Å². The van der Waals surface area contributed by atoms with Crippen LogP contribution in [0.2, 0.25) is 0 Å². The van der Waals surface area contributed by atoms with Crippen molar-refractivity contribution in [2.75, 3.05) is 39.5 Å². The van der Waals surface area contributed by atoms with Gasteiger partial charge in [-0.05, 0) is 19.4 Å². The molecule has 6 heteroatoms. The average molecular weight is 325 g/mol. The third-order valence-corrected chi connectivity index (χ3v) is 5.12. The monoisotopic (exact) mass is 325 g/mol. The summed E-state index contributed by atoms with van der Waals surface area (Å²) < 4.78 is 29.1. The van der Waals surface area contributed by atoms with Crippen molar-refractivity contribution in [3.63, 3.8) is 0 Å². The molecule has 1 saturated heterocycles. The van der Waals surface area contributed by atoms with Gasteiger partial charge in [0.2, 0.25) is 0 Å². The number of ether oxygens (including phenoxy) is 1. The van der Waals surface area contributed by atoms with E-state index in [0.717, 1.165) is 24.4 Å². The number of hydrogen-bond donors (Lipinski definition) is 0. The highest BCUT2D eigenvalue weighted by atomic mass is 31.2. The van der Waals surface area contributed by atoms with Crippen molar-refractivity contribution in [1.29, 1.82) is 0 Å². The first-order chi connectivity index (χ1) is 10.7. The molecule has 0 amide bonds. The molecule has 0 unspecified atom stereocenters. The Kier molecular flexibility index (Phi) is 6.65. The van der Waals surface area contributed by atoms with Crippen molar-refractivity contribution in [3.8, 4) is 0 Å². The van der Waals surface area contributed by atoms with Crippen molar-refractivity contribution in [2.24, 2.45) is 0 Å². The molecule has 0 N–H and O–H groups in total. The van der Waals surface area contributed by atoms with Crippen LogP contribution in [0.15, 0.2) is 36.1 Å². The largest absolute Gasteiger partial charge is 0.378 e. The maximum Gasteiger partial charge on any atom is 0.356 e. The molecule has 0 atom stereocenters. The van der Waals surface area contributed by atoms with E-state index in [1.807, 2.05) is 44.2 Å². The van der Waals surface area contributed by atoms with Gasteiger partial charge in [0.05, 0.1) is 37.9 Å². The quantitative estimate of drug-likeness (QED) is 0.717. The Morgan fingerprint density at radius 1 is 1.18 bits per heavy atom. The molecule has 1 aromatic rings. The number of rotatable bonds is 7. The van der Waals surface area contributed by atoms with Crippen LogP contribution >= 0.6 is 7.60 Å². The van der Waals surface area contributed by atoms with Crippen LogP contribution in [-0.4, -0.2) is 44.4 Å². The lowest BCUT2D eigenvalue weighted by molar-refractivity contribution is 0.0639. The molecule has 22 heavy (non-hydrogen) atoms. The number of morpholine rings is 1. The summed E-state index contributed by atoms with van der Waals surface area (Å²) in [6.45, 7) is 7.18. The van der Waals surface area contributed by atoms with Crippen LogP contribution in [0.5, 0.6) is 0 Å². The van der Waals surface area contributed by atoms with Gasteiger partial charge in [0.15, 0.2) is 0 Å². The number of hydrogen-bond acceptors (Lipinski definition) is 5. The van der Waals surface area contributed by atoms with Crippen molar-refractivity contribution >= 4 is 13.3 Å². The Bertz CT molecular complexity index is 516. The molecule has 1 fully saturated rings. The number of benzene rings is 1. The Morgan fingerprint density at radius 2 is 1.77 bits per heavy atom. The summed E-state index contributed by atoms with van der Waals surface area (Å²) in [5, 5.41) is 0. The first kappa shape index (κ1) is 17.2. The van der Waals surface area contributed by atoms with E-state index in [2.05, 4.69) is 4.90 Å². The Balaban J connectivity index is 2.37. The van der Waals surface area contributed by atoms with Crippen molar-refractivity contribution in [2.45, 2.75) is 13.8 Å². The predicted molar refractivity (Wildman–Crippen MR) is 87.7 cm³/mol. The summed E-state index contributed by atoms with van der Waals surface area (Å²) in [7, 11) is -3.25. The first-order valence-corrected chi connectivity index (χ1v) is 9.29. The molecule has 0 aromatic heterocycles. The van der Waals surface area contributed by atoms with Gasteiger partial charge in [0, 0.05) is 13.1 Å². The predicted octanol–water partition coefficient (Wildman–Crippen LogP) is 3.58. The fourth-order valence-electron chi connectivity index (χ4n) is 2.37. The van der Waals surface area contributed by atoms with Crippen LogP contribution < -0.4 is 0 Å². The first-order valence-electron chi connectivity index (χ1n) is 7.68. The second-order valence-electron chi connectivity index (χ2n) is 4.86. The lowest BCUT2D eigenvalue weighted by Crippen LogP contribution is -2.35. The normalized spacial score (nSPS) is 16.8. The van der Waals surface area contributed by atoms with E-state index in [1.54, 1.807) is 5.82 Å². The van der Waals surface area contributed by atoms with Crippen molar-refractivity contribution < 1.29 is 18.3 Å². The molecule has 122 valence electrons. The molecule has 0 radical (unpaired) electrons. The Labute approximate surface area is 132 Å². The third-order valence-electron chi connectivity index (χ3n) is 3.32. The SMILES string of the molecule is CCOP(=O)(/C=C(\c1ccccc1)N1CCOCC1)OCC. The summed E-state index contributed by atoms with van der Waals surface area (Å²) in [4.78, 5) is 2.17. The fourth-order valence-corrected chi connectivity index (χ4v) is 3.93. The zero-order valence-electron chi connectivity index (χ0n) is 13.2. The maximum atomic E-state index is 12.9. The van der Waals surface area contributed by atoms with Crippen LogP contribution in [0.4, 0.5) is 0 Å². The van der Waals surface area contributed by atoms with Crippen LogP contribution in [0.3, 0.4) is 0 Å². The minimum absolute atomic E-state index is 0.346. The van der Waals surface area contributed by atoms with E-state index in [1.165, 1.54) is 0 Å². The summed E-state index contributed by atoms with van der Waals surface area (Å²) >= 11 is 0. The van der Waals surface area contributed by atoms with Gasteiger partial charge in [0.1, 0.15) is 0 Å². The zero-order chi connectivity index (χ0) is 15.8. The topological polar surface area (TPSA) is 48.0 Å². The second-order valence-corrected chi connectivity index (χ2v) is 6.71. The molecule has 0 saturated carbocycles. The van der Waals surface area contributed by atoms with Crippen LogP contribution in [0.1, 0.15) is 19.4 Å². The summed E-state index contributed by atoms with van der Waals surface area (Å²) in [6.07, 6.45) is 0. The molecular weight excluding hydrogens is 301 g/mol. The van der Waals surface area contributed by atoms with E-state index in [0.29, 0.717) is 26.4 Å². The molecular formula is C16H24NO4P.